The molecule has 4 heteroatoms. The smallest absolute Gasteiger partial charge is 0.334 e. The molecule has 0 fully saturated rings. The third-order valence-corrected chi connectivity index (χ3v) is 1.04. The largest absolute Gasteiger partial charge is 0.347 e. The molecule has 0 saturated carbocycles. The lowest BCUT2D eigenvalue weighted by Gasteiger charge is -1.86. The predicted molar refractivity (Wildman–Crippen MR) is 30.3 cm³/mol. The van der Waals surface area contributed by atoms with Gasteiger partial charge in [0.25, 0.3) is 0 Å². The summed E-state index contributed by atoms with van der Waals surface area (Å²) >= 11 is 6.04. The molecule has 0 bridgehead atoms. The molecule has 0 unspecified atom stereocenters. The Bertz CT molecular complexity index is 66.0. The van der Waals surface area contributed by atoms with Gasteiger partial charge in [-0.15, -0.1) is 0 Å². The highest BCUT2D eigenvalue weighted by Crippen LogP contribution is 1.93. The van der Waals surface area contributed by atoms with E-state index < -0.39 is 5.97 Å². The van der Waals surface area contributed by atoms with Crippen LogP contribution < -0.4 is 0 Å². The van der Waals surface area contributed by atoms with Gasteiger partial charge in [-0.25, -0.2) is 4.79 Å². The highest BCUT2D eigenvalue weighted by molar-refractivity contribution is 7.99. The molecule has 0 saturated heterocycles. The Morgan fingerprint density at radius 2 is 2.57 bits per heavy atom. The minimum Gasteiger partial charge on any atom is -0.347 e. The van der Waals surface area contributed by atoms with E-state index in [-0.39, 0.29) is 0 Å². The average molecular weight is 141 g/mol. The van der Waals surface area contributed by atoms with E-state index in [0.29, 0.717) is 5.75 Å². The van der Waals surface area contributed by atoms with Gasteiger partial charge in [0, 0.05) is 0 Å². The van der Waals surface area contributed by atoms with Crippen molar-refractivity contribution in [2.75, 3.05) is 12.0 Å². The second kappa shape index (κ2) is 4.27. The Morgan fingerprint density at radius 1 is 2.00 bits per heavy atom. The molecule has 2 nitrogen and oxygen atoms in total. The van der Waals surface area contributed by atoms with Gasteiger partial charge in [0.05, 0.1) is 5.75 Å². The first-order valence-corrected chi connectivity index (χ1v) is 3.32. The molecule has 0 radical (unpaired) electrons. The molecular weight excluding hydrogens is 136 g/mol. The molecule has 0 aliphatic carbocycles. The van der Waals surface area contributed by atoms with Crippen LogP contribution in [0.15, 0.2) is 0 Å². The molecule has 0 amide bonds. The zero-order valence-corrected chi connectivity index (χ0v) is 5.38. The topological polar surface area (TPSA) is 26.3 Å². The molecule has 0 heterocycles. The van der Waals surface area contributed by atoms with Crippen LogP contribution in [0.3, 0.4) is 0 Å². The lowest BCUT2D eigenvalue weighted by Crippen LogP contribution is -1.98. The molecule has 0 aliphatic rings. The first kappa shape index (κ1) is 7.11. The van der Waals surface area contributed by atoms with Crippen LogP contribution in [-0.4, -0.2) is 18.0 Å². The third kappa shape index (κ3) is 3.95. The molecule has 7 heavy (non-hydrogen) atoms. The summed E-state index contributed by atoms with van der Waals surface area (Å²) in [5.74, 6) is -0.0714. The second-order valence-electron chi connectivity index (χ2n) is 0.882. The summed E-state index contributed by atoms with van der Waals surface area (Å²) in [5.41, 5.74) is 0. The summed E-state index contributed by atoms with van der Waals surface area (Å²) < 4.78 is 3.80. The lowest BCUT2D eigenvalue weighted by atomic mass is 10.8. The van der Waals surface area contributed by atoms with Gasteiger partial charge in [-0.2, -0.15) is 11.8 Å². The monoisotopic (exact) mass is 140 g/mol. The molecule has 0 spiro atoms. The Balaban J connectivity index is 3.00. The van der Waals surface area contributed by atoms with Crippen molar-refractivity contribution in [1.82, 2.24) is 0 Å². The van der Waals surface area contributed by atoms with E-state index in [2.05, 4.69) is 16.2 Å². The average Bonchev–Trinajstić information content (AvgIpc) is 1.68. The normalized spacial score (nSPS) is 8.29. The van der Waals surface area contributed by atoms with E-state index in [4.69, 9.17) is 0 Å². The molecule has 0 aromatic heterocycles. The van der Waals surface area contributed by atoms with Gasteiger partial charge in [0.2, 0.25) is 0 Å². The number of carbonyl (C=O) groups excluding carboxylic acids is 1. The quantitative estimate of drug-likeness (QED) is 0.574. The van der Waals surface area contributed by atoms with Gasteiger partial charge in [0.1, 0.15) is 11.9 Å². The van der Waals surface area contributed by atoms with Gasteiger partial charge in [0.15, 0.2) is 0 Å². The maximum absolute atomic E-state index is 10.0. The standard InChI is InChI=1S/C3H5ClO2S/c1-7-2-3(5)6-4/h2H2,1H3. The molecule has 0 atom stereocenters. The van der Waals surface area contributed by atoms with Crippen LogP contribution >= 0.6 is 23.6 Å². The maximum Gasteiger partial charge on any atom is 0.334 e. The second-order valence-corrected chi connectivity index (χ2v) is 1.90. The number of hydrogen-bond acceptors (Lipinski definition) is 3. The highest BCUT2D eigenvalue weighted by Gasteiger charge is 1.95. The molecule has 0 aromatic rings. The zero-order valence-electron chi connectivity index (χ0n) is 3.81. The summed E-state index contributed by atoms with van der Waals surface area (Å²) in [7, 11) is 0. The Kier molecular flexibility index (Phi) is 4.34. The van der Waals surface area contributed by atoms with Crippen molar-refractivity contribution in [2.24, 2.45) is 0 Å². The van der Waals surface area contributed by atoms with Crippen LogP contribution in [0.25, 0.3) is 0 Å². The number of rotatable bonds is 2. The van der Waals surface area contributed by atoms with Gasteiger partial charge < -0.3 is 4.29 Å². The third-order valence-electron chi connectivity index (χ3n) is 0.348. The van der Waals surface area contributed by atoms with Crippen molar-refractivity contribution in [3.63, 3.8) is 0 Å². The van der Waals surface area contributed by atoms with E-state index in [9.17, 15) is 4.79 Å². The van der Waals surface area contributed by atoms with Crippen LogP contribution in [-0.2, 0) is 9.08 Å². The number of thioether (sulfide) groups is 1. The van der Waals surface area contributed by atoms with Crippen molar-refractivity contribution >= 4 is 29.6 Å². The van der Waals surface area contributed by atoms with E-state index in [1.54, 1.807) is 6.26 Å². The van der Waals surface area contributed by atoms with Gasteiger partial charge >= 0.3 is 5.97 Å². The Hall–Kier alpha value is 0.110. The van der Waals surface area contributed by atoms with E-state index >= 15 is 0 Å². The molecule has 0 aromatic carbocycles. The fraction of sp³-hybridized carbons (Fsp3) is 0.667. The first-order valence-electron chi connectivity index (χ1n) is 1.61. The van der Waals surface area contributed by atoms with E-state index in [1.165, 1.54) is 11.8 Å². The van der Waals surface area contributed by atoms with Crippen LogP contribution in [0.4, 0.5) is 0 Å². The number of hydrogen-bond donors (Lipinski definition) is 0. The molecule has 42 valence electrons. The van der Waals surface area contributed by atoms with Crippen molar-refractivity contribution in [2.45, 2.75) is 0 Å². The van der Waals surface area contributed by atoms with Crippen molar-refractivity contribution in [3.05, 3.63) is 0 Å². The summed E-state index contributed by atoms with van der Waals surface area (Å²) in [6, 6.07) is 0. The number of carbonyl (C=O) groups is 1. The van der Waals surface area contributed by atoms with Crippen LogP contribution in [0.5, 0.6) is 0 Å². The first-order chi connectivity index (χ1) is 3.31. The zero-order chi connectivity index (χ0) is 5.70. The van der Waals surface area contributed by atoms with Crippen LogP contribution in [0.1, 0.15) is 0 Å². The Labute approximate surface area is 51.3 Å². The molecule has 0 aliphatic heterocycles. The van der Waals surface area contributed by atoms with Gasteiger partial charge in [-0.05, 0) is 6.26 Å². The Morgan fingerprint density at radius 3 is 2.71 bits per heavy atom. The minimum atomic E-state index is -0.394. The minimum absolute atomic E-state index is 0.323. The summed E-state index contributed by atoms with van der Waals surface area (Å²) in [4.78, 5) is 10.0. The summed E-state index contributed by atoms with van der Waals surface area (Å²) in [5, 5.41) is 0. The molecule has 0 rings (SSSR count). The SMILES string of the molecule is CSCC(=O)OCl. The predicted octanol–water partition coefficient (Wildman–Crippen LogP) is 1.05. The highest BCUT2D eigenvalue weighted by atomic mass is 35.5. The summed E-state index contributed by atoms with van der Waals surface area (Å²) in [6.07, 6.45) is 1.80. The van der Waals surface area contributed by atoms with Crippen molar-refractivity contribution in [1.29, 1.82) is 0 Å². The maximum atomic E-state index is 10.0. The van der Waals surface area contributed by atoms with Crippen LogP contribution in [0.2, 0.25) is 0 Å². The molecular formula is C3H5ClO2S. The van der Waals surface area contributed by atoms with Crippen molar-refractivity contribution < 1.29 is 9.08 Å². The fourth-order valence-corrected chi connectivity index (χ4v) is 0.554. The van der Waals surface area contributed by atoms with Gasteiger partial charge in [-0.3, -0.25) is 0 Å². The number of halogens is 1. The summed E-state index contributed by atoms with van der Waals surface area (Å²) in [6.45, 7) is 0. The van der Waals surface area contributed by atoms with E-state index in [0.717, 1.165) is 0 Å². The fourth-order valence-electron chi connectivity index (χ4n) is 0.140. The van der Waals surface area contributed by atoms with E-state index in [1.807, 2.05) is 0 Å². The van der Waals surface area contributed by atoms with Gasteiger partial charge in [-0.1, -0.05) is 0 Å². The van der Waals surface area contributed by atoms with Crippen LogP contribution in [0, 0.1) is 0 Å². The molecule has 0 N–H and O–H groups in total. The van der Waals surface area contributed by atoms with Crippen molar-refractivity contribution in [3.8, 4) is 0 Å². The lowest BCUT2D eigenvalue weighted by molar-refractivity contribution is -0.130.